The van der Waals surface area contributed by atoms with E-state index in [0.29, 0.717) is 0 Å². The first kappa shape index (κ1) is 16.0. The molecule has 0 bridgehead atoms. The summed E-state index contributed by atoms with van der Waals surface area (Å²) < 4.78 is 10.9. The van der Waals surface area contributed by atoms with Crippen molar-refractivity contribution in [1.82, 2.24) is 9.88 Å². The minimum Gasteiger partial charge on any atom is -0.508 e. The molecule has 130 valence electrons. The number of ether oxygens (including phenoxy) is 2. The van der Waals surface area contributed by atoms with Gasteiger partial charge in [-0.15, -0.1) is 0 Å². The molecule has 1 saturated heterocycles. The maximum Gasteiger partial charge on any atom is 0.119 e. The Morgan fingerprint density at radius 1 is 1.16 bits per heavy atom. The summed E-state index contributed by atoms with van der Waals surface area (Å²) in [6.45, 7) is 3.16. The van der Waals surface area contributed by atoms with Crippen molar-refractivity contribution in [3.63, 3.8) is 0 Å². The van der Waals surface area contributed by atoms with E-state index in [9.17, 15) is 5.11 Å². The highest BCUT2D eigenvalue weighted by Gasteiger charge is 2.27. The number of aromatic nitrogens is 1. The molecular weight excluding hydrogens is 316 g/mol. The Kier molecular flexibility index (Phi) is 4.34. The fourth-order valence-corrected chi connectivity index (χ4v) is 3.59. The molecule has 0 radical (unpaired) electrons. The van der Waals surface area contributed by atoms with Crippen LogP contribution in [-0.4, -0.2) is 48.4 Å². The summed E-state index contributed by atoms with van der Waals surface area (Å²) in [6.07, 6.45) is 2.06. The van der Waals surface area contributed by atoms with E-state index in [1.54, 1.807) is 13.2 Å². The number of hydrogen-bond donors (Lipinski definition) is 2. The van der Waals surface area contributed by atoms with Gasteiger partial charge in [-0.3, -0.25) is 4.90 Å². The monoisotopic (exact) mass is 338 g/mol. The van der Waals surface area contributed by atoms with Crippen LogP contribution >= 0.6 is 0 Å². The zero-order valence-corrected chi connectivity index (χ0v) is 14.2. The zero-order chi connectivity index (χ0) is 17.2. The number of nitrogens with zero attached hydrogens (tertiary/aromatic N) is 1. The quantitative estimate of drug-likeness (QED) is 0.766. The molecule has 0 aliphatic carbocycles. The molecule has 1 unspecified atom stereocenters. The second-order valence-electron chi connectivity index (χ2n) is 6.30. The predicted molar refractivity (Wildman–Crippen MR) is 97.2 cm³/mol. The lowest BCUT2D eigenvalue weighted by Gasteiger charge is -2.35. The number of phenolic OH excluding ortho intramolecular Hbond substituents is 1. The molecule has 3 aromatic rings. The van der Waals surface area contributed by atoms with Crippen molar-refractivity contribution in [1.29, 1.82) is 0 Å². The van der Waals surface area contributed by atoms with Gasteiger partial charge in [0.05, 0.1) is 26.4 Å². The third kappa shape index (κ3) is 3.08. The Bertz CT molecular complexity index is 868. The summed E-state index contributed by atoms with van der Waals surface area (Å²) in [7, 11) is 1.68. The molecule has 4 rings (SSSR count). The van der Waals surface area contributed by atoms with Gasteiger partial charge in [0.25, 0.3) is 0 Å². The van der Waals surface area contributed by atoms with E-state index in [-0.39, 0.29) is 11.8 Å². The van der Waals surface area contributed by atoms with Gasteiger partial charge in [0.2, 0.25) is 0 Å². The molecule has 2 aromatic carbocycles. The number of phenols is 1. The van der Waals surface area contributed by atoms with Crippen molar-refractivity contribution in [2.75, 3.05) is 33.4 Å². The Labute approximate surface area is 146 Å². The standard InChI is InChI=1S/C20H22N2O3/c1-24-16-5-6-19-17(12-16)18(13-21-19)20(22-7-9-25-10-8-22)14-3-2-4-15(23)11-14/h2-6,11-13,20-21,23H,7-10H2,1H3. The van der Waals surface area contributed by atoms with Gasteiger partial charge in [-0.2, -0.15) is 0 Å². The third-order valence-corrected chi connectivity index (χ3v) is 4.81. The number of morpholine rings is 1. The van der Waals surface area contributed by atoms with E-state index in [1.807, 2.05) is 24.3 Å². The van der Waals surface area contributed by atoms with Crippen LogP contribution in [-0.2, 0) is 4.74 Å². The Balaban J connectivity index is 1.85. The summed E-state index contributed by atoms with van der Waals surface area (Å²) in [5, 5.41) is 11.1. The van der Waals surface area contributed by atoms with Crippen LogP contribution in [0.5, 0.6) is 11.5 Å². The molecule has 25 heavy (non-hydrogen) atoms. The van der Waals surface area contributed by atoms with Crippen LogP contribution in [0.3, 0.4) is 0 Å². The smallest absolute Gasteiger partial charge is 0.119 e. The highest BCUT2D eigenvalue weighted by atomic mass is 16.5. The van der Waals surface area contributed by atoms with Gasteiger partial charge in [0.1, 0.15) is 11.5 Å². The fourth-order valence-electron chi connectivity index (χ4n) is 3.59. The lowest BCUT2D eigenvalue weighted by atomic mass is 9.96. The van der Waals surface area contributed by atoms with E-state index in [0.717, 1.165) is 48.5 Å². The summed E-state index contributed by atoms with van der Waals surface area (Å²) in [6, 6.07) is 13.6. The maximum atomic E-state index is 9.98. The fraction of sp³-hybridized carbons (Fsp3) is 0.300. The molecule has 1 atom stereocenters. The minimum atomic E-state index is 0.0526. The number of benzene rings is 2. The second kappa shape index (κ2) is 6.78. The number of nitrogens with one attached hydrogen (secondary N) is 1. The molecule has 0 spiro atoms. The molecule has 1 aliphatic rings. The van der Waals surface area contributed by atoms with Crippen LogP contribution in [0.2, 0.25) is 0 Å². The number of methoxy groups -OCH3 is 1. The van der Waals surface area contributed by atoms with E-state index in [4.69, 9.17) is 9.47 Å². The van der Waals surface area contributed by atoms with Crippen LogP contribution in [0.25, 0.3) is 10.9 Å². The van der Waals surface area contributed by atoms with Gasteiger partial charge in [-0.25, -0.2) is 0 Å². The molecule has 2 N–H and O–H groups in total. The van der Waals surface area contributed by atoms with Crippen molar-refractivity contribution in [2.45, 2.75) is 6.04 Å². The van der Waals surface area contributed by atoms with E-state index >= 15 is 0 Å². The molecule has 1 aromatic heterocycles. The van der Waals surface area contributed by atoms with Crippen LogP contribution in [0.1, 0.15) is 17.2 Å². The number of H-pyrrole nitrogens is 1. The van der Waals surface area contributed by atoms with Gasteiger partial charge < -0.3 is 19.6 Å². The van der Waals surface area contributed by atoms with Gasteiger partial charge >= 0.3 is 0 Å². The topological polar surface area (TPSA) is 57.7 Å². The number of hydrogen-bond acceptors (Lipinski definition) is 4. The largest absolute Gasteiger partial charge is 0.508 e. The zero-order valence-electron chi connectivity index (χ0n) is 14.2. The van der Waals surface area contributed by atoms with Gasteiger partial charge in [-0.1, -0.05) is 12.1 Å². The number of aromatic hydroxyl groups is 1. The Morgan fingerprint density at radius 3 is 2.76 bits per heavy atom. The maximum absolute atomic E-state index is 9.98. The summed E-state index contributed by atoms with van der Waals surface area (Å²) in [5.74, 6) is 1.12. The number of rotatable bonds is 4. The average Bonchev–Trinajstić information content (AvgIpc) is 3.06. The molecule has 1 fully saturated rings. The number of aromatic amines is 1. The van der Waals surface area contributed by atoms with Crippen LogP contribution < -0.4 is 4.74 Å². The minimum absolute atomic E-state index is 0.0526. The van der Waals surface area contributed by atoms with Crippen LogP contribution in [0.15, 0.2) is 48.7 Å². The van der Waals surface area contributed by atoms with Crippen molar-refractivity contribution in [3.8, 4) is 11.5 Å². The lowest BCUT2D eigenvalue weighted by molar-refractivity contribution is 0.0242. The molecule has 5 nitrogen and oxygen atoms in total. The molecular formula is C20H22N2O3. The van der Waals surface area contributed by atoms with Gasteiger partial charge in [0, 0.05) is 30.2 Å². The molecule has 0 saturated carbocycles. The lowest BCUT2D eigenvalue weighted by Crippen LogP contribution is -2.39. The van der Waals surface area contributed by atoms with E-state index in [1.165, 1.54) is 5.56 Å². The first-order valence-electron chi connectivity index (χ1n) is 8.52. The average molecular weight is 338 g/mol. The van der Waals surface area contributed by atoms with E-state index < -0.39 is 0 Å². The first-order chi connectivity index (χ1) is 12.3. The summed E-state index contributed by atoms with van der Waals surface area (Å²) in [4.78, 5) is 5.77. The third-order valence-electron chi connectivity index (χ3n) is 4.81. The first-order valence-corrected chi connectivity index (χ1v) is 8.52. The number of fused-ring (bicyclic) bond motifs is 1. The van der Waals surface area contributed by atoms with Gasteiger partial charge in [-0.05, 0) is 41.5 Å². The van der Waals surface area contributed by atoms with Gasteiger partial charge in [0.15, 0.2) is 0 Å². The predicted octanol–water partition coefficient (Wildman–Crippen LogP) is 3.30. The molecule has 2 heterocycles. The molecule has 5 heteroatoms. The SMILES string of the molecule is COc1ccc2[nH]cc(C(c3cccc(O)c3)N3CCOCC3)c2c1. The van der Waals surface area contributed by atoms with E-state index in [2.05, 4.69) is 28.2 Å². The highest BCUT2D eigenvalue weighted by Crippen LogP contribution is 2.36. The summed E-state index contributed by atoms with van der Waals surface area (Å²) >= 11 is 0. The Hall–Kier alpha value is -2.50. The van der Waals surface area contributed by atoms with Crippen LogP contribution in [0.4, 0.5) is 0 Å². The molecule has 0 amide bonds. The molecule has 1 aliphatic heterocycles. The van der Waals surface area contributed by atoms with Crippen molar-refractivity contribution >= 4 is 10.9 Å². The van der Waals surface area contributed by atoms with Crippen molar-refractivity contribution < 1.29 is 14.6 Å². The summed E-state index contributed by atoms with van der Waals surface area (Å²) in [5.41, 5.74) is 3.33. The highest BCUT2D eigenvalue weighted by molar-refractivity contribution is 5.85. The normalized spacial score (nSPS) is 16.8. The van der Waals surface area contributed by atoms with Crippen LogP contribution in [0, 0.1) is 0 Å². The second-order valence-corrected chi connectivity index (χ2v) is 6.30. The Morgan fingerprint density at radius 2 is 2.00 bits per heavy atom. The van der Waals surface area contributed by atoms with Crippen molar-refractivity contribution in [3.05, 3.63) is 59.8 Å². The van der Waals surface area contributed by atoms with Crippen molar-refractivity contribution in [2.24, 2.45) is 0 Å².